The van der Waals surface area contributed by atoms with Crippen molar-refractivity contribution in [3.63, 3.8) is 0 Å². The molecule has 1 heterocycles. The maximum Gasteiger partial charge on any atom is 0.234 e. The van der Waals surface area contributed by atoms with Crippen LogP contribution in [0.4, 0.5) is 0 Å². The number of thiophene rings is 1. The average Bonchev–Trinajstić information content (AvgIpc) is 3.17. The summed E-state index contributed by atoms with van der Waals surface area (Å²) in [6.07, 6.45) is 8.21. The number of likely N-dealkylation sites (N-methyl/N-ethyl adjacent to an activating group) is 1. The van der Waals surface area contributed by atoms with Crippen molar-refractivity contribution in [1.29, 1.82) is 0 Å². The summed E-state index contributed by atoms with van der Waals surface area (Å²) in [6, 6.07) is 4.00. The minimum atomic E-state index is -0.0239. The molecule has 2 amide bonds. The predicted octanol–water partition coefficient (Wildman–Crippen LogP) is 3.02. The molecule has 0 aromatic carbocycles. The zero-order valence-electron chi connectivity index (χ0n) is 16.9. The van der Waals surface area contributed by atoms with Crippen LogP contribution in [0.5, 0.6) is 0 Å². The van der Waals surface area contributed by atoms with Crippen LogP contribution >= 0.6 is 11.3 Å². The summed E-state index contributed by atoms with van der Waals surface area (Å²) < 4.78 is 0. The maximum atomic E-state index is 12.5. The minimum Gasteiger partial charge on any atom is -0.354 e. The molecule has 4 fully saturated rings. The predicted molar refractivity (Wildman–Crippen MR) is 112 cm³/mol. The zero-order chi connectivity index (χ0) is 19.6. The van der Waals surface area contributed by atoms with Crippen LogP contribution in [-0.4, -0.2) is 42.9 Å². The lowest BCUT2D eigenvalue weighted by Gasteiger charge is -2.56. The highest BCUT2D eigenvalue weighted by Crippen LogP contribution is 2.59. The van der Waals surface area contributed by atoms with E-state index in [-0.39, 0.29) is 18.4 Å². The first-order valence-corrected chi connectivity index (χ1v) is 11.7. The molecule has 0 saturated heterocycles. The Kier molecular flexibility index (Phi) is 6.07. The zero-order valence-corrected chi connectivity index (χ0v) is 17.7. The molecule has 154 valence electrons. The summed E-state index contributed by atoms with van der Waals surface area (Å²) >= 11 is 1.64. The van der Waals surface area contributed by atoms with Crippen molar-refractivity contribution in [3.05, 3.63) is 22.4 Å². The van der Waals surface area contributed by atoms with Crippen LogP contribution in [-0.2, 0) is 16.1 Å². The van der Waals surface area contributed by atoms with Gasteiger partial charge in [0.25, 0.3) is 0 Å². The molecule has 2 N–H and O–H groups in total. The van der Waals surface area contributed by atoms with Crippen LogP contribution in [0.1, 0.15) is 50.3 Å². The molecule has 1 aromatic rings. The highest BCUT2D eigenvalue weighted by Gasteiger charge is 2.50. The standard InChI is InChI=1S/C22H33N3O2S/c1-2-25(13-20(26)23-12-19-4-3-5-28-19)14-21(27)24-15-22-9-16-6-17(10-22)8-18(7-16)11-22/h3-5,16-18H,2,6-15H2,1H3,(H,23,26)(H,24,27). The summed E-state index contributed by atoms with van der Waals surface area (Å²) in [7, 11) is 0. The fourth-order valence-corrected chi connectivity index (χ4v) is 6.83. The third-order valence-electron chi connectivity index (χ3n) is 7.05. The molecule has 4 bridgehead atoms. The van der Waals surface area contributed by atoms with E-state index in [4.69, 9.17) is 0 Å². The number of hydrogen-bond donors (Lipinski definition) is 2. The first-order valence-electron chi connectivity index (χ1n) is 10.8. The third kappa shape index (κ3) is 4.77. The van der Waals surface area contributed by atoms with Crippen LogP contribution in [0.25, 0.3) is 0 Å². The summed E-state index contributed by atoms with van der Waals surface area (Å²) in [5.74, 6) is 2.75. The topological polar surface area (TPSA) is 61.4 Å². The molecule has 0 spiro atoms. The Hall–Kier alpha value is -1.40. The Morgan fingerprint density at radius 2 is 1.68 bits per heavy atom. The smallest absolute Gasteiger partial charge is 0.234 e. The highest BCUT2D eigenvalue weighted by atomic mass is 32.1. The molecule has 0 unspecified atom stereocenters. The Balaban J connectivity index is 1.20. The van der Waals surface area contributed by atoms with Gasteiger partial charge in [-0.15, -0.1) is 11.3 Å². The van der Waals surface area contributed by atoms with Crippen molar-refractivity contribution in [2.75, 3.05) is 26.2 Å². The number of nitrogens with zero attached hydrogens (tertiary/aromatic N) is 1. The van der Waals surface area contributed by atoms with Gasteiger partial charge in [-0.2, -0.15) is 0 Å². The van der Waals surface area contributed by atoms with Crippen molar-refractivity contribution in [1.82, 2.24) is 15.5 Å². The highest BCUT2D eigenvalue weighted by molar-refractivity contribution is 7.09. The van der Waals surface area contributed by atoms with Gasteiger partial charge in [0.2, 0.25) is 11.8 Å². The average molecular weight is 404 g/mol. The van der Waals surface area contributed by atoms with E-state index in [1.54, 1.807) is 11.3 Å². The Morgan fingerprint density at radius 1 is 1.07 bits per heavy atom. The van der Waals surface area contributed by atoms with Crippen molar-refractivity contribution < 1.29 is 9.59 Å². The van der Waals surface area contributed by atoms with E-state index in [1.165, 1.54) is 38.5 Å². The fourth-order valence-electron chi connectivity index (χ4n) is 6.19. The molecule has 28 heavy (non-hydrogen) atoms. The van der Waals surface area contributed by atoms with Gasteiger partial charge in [0.05, 0.1) is 19.6 Å². The van der Waals surface area contributed by atoms with Gasteiger partial charge in [-0.25, -0.2) is 0 Å². The molecule has 4 saturated carbocycles. The largest absolute Gasteiger partial charge is 0.354 e. The second-order valence-electron chi connectivity index (χ2n) is 9.35. The van der Waals surface area contributed by atoms with E-state index in [1.807, 2.05) is 29.3 Å². The minimum absolute atomic E-state index is 0.0239. The van der Waals surface area contributed by atoms with E-state index < -0.39 is 0 Å². The van der Waals surface area contributed by atoms with Gasteiger partial charge < -0.3 is 10.6 Å². The van der Waals surface area contributed by atoms with Gasteiger partial charge in [-0.3, -0.25) is 14.5 Å². The van der Waals surface area contributed by atoms with Crippen molar-refractivity contribution in [2.24, 2.45) is 23.2 Å². The van der Waals surface area contributed by atoms with Crippen molar-refractivity contribution >= 4 is 23.2 Å². The van der Waals surface area contributed by atoms with Gasteiger partial charge in [0, 0.05) is 11.4 Å². The van der Waals surface area contributed by atoms with E-state index in [9.17, 15) is 9.59 Å². The van der Waals surface area contributed by atoms with Crippen LogP contribution in [0.3, 0.4) is 0 Å². The second-order valence-corrected chi connectivity index (χ2v) is 10.4. The number of hydrogen-bond acceptors (Lipinski definition) is 4. The SMILES string of the molecule is CCN(CC(=O)NCc1cccs1)CC(=O)NCC12CC3CC(CC(C3)C1)C2. The first kappa shape index (κ1) is 19.9. The van der Waals surface area contributed by atoms with Gasteiger partial charge in [-0.05, 0) is 79.7 Å². The molecule has 0 aliphatic heterocycles. The number of nitrogens with one attached hydrogen (secondary N) is 2. The fraction of sp³-hybridized carbons (Fsp3) is 0.727. The monoisotopic (exact) mass is 403 g/mol. The molecular formula is C22H33N3O2S. The molecule has 5 rings (SSSR count). The number of rotatable bonds is 9. The quantitative estimate of drug-likeness (QED) is 0.666. The number of carbonyl (C=O) groups excluding carboxylic acids is 2. The molecule has 4 aliphatic rings. The summed E-state index contributed by atoms with van der Waals surface area (Å²) in [4.78, 5) is 27.8. The lowest BCUT2D eigenvalue weighted by molar-refractivity contribution is -0.126. The summed E-state index contributed by atoms with van der Waals surface area (Å²) in [5, 5.41) is 8.17. The molecule has 1 aromatic heterocycles. The lowest BCUT2D eigenvalue weighted by Crippen LogP contribution is -2.52. The molecular weight excluding hydrogens is 370 g/mol. The van der Waals surface area contributed by atoms with Crippen molar-refractivity contribution in [3.8, 4) is 0 Å². The number of carbonyl (C=O) groups is 2. The van der Waals surface area contributed by atoms with E-state index in [0.29, 0.717) is 25.0 Å². The summed E-state index contributed by atoms with van der Waals surface area (Å²) in [5.41, 5.74) is 0.361. The Bertz CT molecular complexity index is 653. The Morgan fingerprint density at radius 3 is 2.21 bits per heavy atom. The van der Waals surface area contributed by atoms with Gasteiger partial charge >= 0.3 is 0 Å². The summed E-state index contributed by atoms with van der Waals surface area (Å²) in [6.45, 7) is 4.65. The molecule has 0 radical (unpaired) electrons. The van der Waals surface area contributed by atoms with Gasteiger partial charge in [0.15, 0.2) is 0 Å². The Labute approximate surface area is 172 Å². The number of amides is 2. The lowest BCUT2D eigenvalue weighted by atomic mass is 9.49. The molecule has 5 nitrogen and oxygen atoms in total. The molecule has 4 aliphatic carbocycles. The molecule has 0 atom stereocenters. The van der Waals surface area contributed by atoms with Crippen LogP contribution in [0.15, 0.2) is 17.5 Å². The van der Waals surface area contributed by atoms with Crippen LogP contribution < -0.4 is 10.6 Å². The maximum absolute atomic E-state index is 12.5. The van der Waals surface area contributed by atoms with E-state index in [0.717, 1.165) is 29.2 Å². The van der Waals surface area contributed by atoms with E-state index in [2.05, 4.69) is 10.6 Å². The molecule has 6 heteroatoms. The first-order chi connectivity index (χ1) is 13.5. The van der Waals surface area contributed by atoms with Gasteiger partial charge in [0.1, 0.15) is 0 Å². The third-order valence-corrected chi connectivity index (χ3v) is 7.92. The van der Waals surface area contributed by atoms with Crippen LogP contribution in [0.2, 0.25) is 0 Å². The van der Waals surface area contributed by atoms with Gasteiger partial charge in [-0.1, -0.05) is 13.0 Å². The van der Waals surface area contributed by atoms with E-state index >= 15 is 0 Å². The second kappa shape index (κ2) is 8.54. The van der Waals surface area contributed by atoms with Crippen molar-refractivity contribution in [2.45, 2.75) is 52.0 Å². The van der Waals surface area contributed by atoms with Crippen LogP contribution in [0, 0.1) is 23.2 Å². The normalized spacial score (nSPS) is 30.6.